The Kier molecular flexibility index (Phi) is 2.73. The fraction of sp³-hybridized carbons (Fsp3) is 0.100. The lowest BCUT2D eigenvalue weighted by atomic mass is 10.1. The molecule has 2 aromatic rings. The molecule has 0 unspecified atom stereocenters. The highest BCUT2D eigenvalue weighted by atomic mass is 127. The molecule has 0 saturated heterocycles. The second-order valence-electron chi connectivity index (χ2n) is 2.76. The van der Waals surface area contributed by atoms with E-state index in [4.69, 9.17) is 4.74 Å². The highest BCUT2D eigenvalue weighted by Crippen LogP contribution is 2.34. The minimum absolute atomic E-state index is 0.644. The standard InChI is InChI=1S/C10H7IO2S/c1-13-9-3-2-6-8(11)5-14-10(6)7(9)4-12/h2-5H,1H3. The Balaban J connectivity index is 2.84. The van der Waals surface area contributed by atoms with E-state index in [9.17, 15) is 4.79 Å². The number of hydrogen-bond donors (Lipinski definition) is 0. The molecule has 2 rings (SSSR count). The van der Waals surface area contributed by atoms with Crippen LogP contribution in [0.2, 0.25) is 0 Å². The van der Waals surface area contributed by atoms with Crippen LogP contribution in [-0.4, -0.2) is 13.4 Å². The van der Waals surface area contributed by atoms with Gasteiger partial charge in [-0.15, -0.1) is 11.3 Å². The summed E-state index contributed by atoms with van der Waals surface area (Å²) in [7, 11) is 1.58. The van der Waals surface area contributed by atoms with Crippen LogP contribution in [0.5, 0.6) is 5.75 Å². The summed E-state index contributed by atoms with van der Waals surface area (Å²) in [5, 5.41) is 3.16. The summed E-state index contributed by atoms with van der Waals surface area (Å²) < 4.78 is 7.30. The first kappa shape index (κ1) is 9.92. The number of ether oxygens (including phenoxy) is 1. The van der Waals surface area contributed by atoms with Crippen LogP contribution in [0, 0.1) is 3.57 Å². The van der Waals surface area contributed by atoms with Crippen LogP contribution in [-0.2, 0) is 0 Å². The molecule has 0 bridgehead atoms. The van der Waals surface area contributed by atoms with Crippen LogP contribution in [0.25, 0.3) is 10.1 Å². The molecule has 0 aliphatic carbocycles. The lowest BCUT2D eigenvalue weighted by Gasteiger charge is -2.03. The minimum Gasteiger partial charge on any atom is -0.496 e. The molecule has 0 amide bonds. The molecule has 0 aliphatic heterocycles. The van der Waals surface area contributed by atoms with Gasteiger partial charge in [0.25, 0.3) is 0 Å². The molecule has 1 aromatic heterocycles. The van der Waals surface area contributed by atoms with E-state index in [0.717, 1.165) is 16.4 Å². The maximum Gasteiger partial charge on any atom is 0.155 e. The van der Waals surface area contributed by atoms with E-state index in [0.29, 0.717) is 11.3 Å². The van der Waals surface area contributed by atoms with E-state index >= 15 is 0 Å². The van der Waals surface area contributed by atoms with Crippen LogP contribution in [0.3, 0.4) is 0 Å². The number of fused-ring (bicyclic) bond motifs is 1. The summed E-state index contributed by atoms with van der Waals surface area (Å²) in [4.78, 5) is 10.9. The number of halogens is 1. The molecule has 0 N–H and O–H groups in total. The van der Waals surface area contributed by atoms with Gasteiger partial charge in [-0.25, -0.2) is 0 Å². The van der Waals surface area contributed by atoms with E-state index in [2.05, 4.69) is 22.6 Å². The monoisotopic (exact) mass is 318 g/mol. The quantitative estimate of drug-likeness (QED) is 0.627. The molecular formula is C10H7IO2S. The van der Waals surface area contributed by atoms with Crippen LogP contribution in [0.15, 0.2) is 17.5 Å². The van der Waals surface area contributed by atoms with Gasteiger partial charge >= 0.3 is 0 Å². The van der Waals surface area contributed by atoms with Crippen LogP contribution >= 0.6 is 33.9 Å². The SMILES string of the molecule is COc1ccc2c(I)csc2c1C=O. The van der Waals surface area contributed by atoms with Gasteiger partial charge in [0.1, 0.15) is 5.75 Å². The maximum atomic E-state index is 10.9. The summed E-state index contributed by atoms with van der Waals surface area (Å²) >= 11 is 3.84. The van der Waals surface area contributed by atoms with Crippen molar-refractivity contribution in [3.63, 3.8) is 0 Å². The number of carbonyl (C=O) groups excluding carboxylic acids is 1. The molecule has 0 radical (unpaired) electrons. The van der Waals surface area contributed by atoms with Gasteiger partial charge in [0, 0.05) is 19.0 Å². The van der Waals surface area contributed by atoms with Gasteiger partial charge in [-0.3, -0.25) is 4.79 Å². The molecule has 0 saturated carbocycles. The molecule has 0 fully saturated rings. The number of hydrogen-bond acceptors (Lipinski definition) is 3. The zero-order valence-corrected chi connectivity index (χ0v) is 10.4. The van der Waals surface area contributed by atoms with Crippen molar-refractivity contribution in [2.45, 2.75) is 0 Å². The van der Waals surface area contributed by atoms with Crippen molar-refractivity contribution < 1.29 is 9.53 Å². The Morgan fingerprint density at radius 1 is 1.50 bits per heavy atom. The van der Waals surface area contributed by atoms with Crippen LogP contribution < -0.4 is 4.74 Å². The maximum absolute atomic E-state index is 10.9. The van der Waals surface area contributed by atoms with Crippen molar-refractivity contribution in [2.75, 3.05) is 7.11 Å². The van der Waals surface area contributed by atoms with Crippen molar-refractivity contribution in [1.29, 1.82) is 0 Å². The second-order valence-corrected chi connectivity index (χ2v) is 4.80. The van der Waals surface area contributed by atoms with Crippen LogP contribution in [0.1, 0.15) is 10.4 Å². The molecule has 2 nitrogen and oxygen atoms in total. The molecule has 72 valence electrons. The Morgan fingerprint density at radius 3 is 2.93 bits per heavy atom. The first-order valence-corrected chi connectivity index (χ1v) is 5.92. The largest absolute Gasteiger partial charge is 0.496 e. The Bertz CT molecular complexity index is 490. The first-order chi connectivity index (χ1) is 6.77. The van der Waals surface area contributed by atoms with E-state index in [1.165, 1.54) is 3.57 Å². The molecule has 1 heterocycles. The van der Waals surface area contributed by atoms with Gasteiger partial charge in [-0.2, -0.15) is 0 Å². The lowest BCUT2D eigenvalue weighted by molar-refractivity contribution is 0.112. The van der Waals surface area contributed by atoms with Crippen molar-refractivity contribution in [3.8, 4) is 5.75 Å². The molecular weight excluding hydrogens is 311 g/mol. The molecule has 1 aromatic carbocycles. The highest BCUT2D eigenvalue weighted by molar-refractivity contribution is 14.1. The zero-order chi connectivity index (χ0) is 10.1. The predicted molar refractivity (Wildman–Crippen MR) is 66.5 cm³/mol. The number of thiophene rings is 1. The van der Waals surface area contributed by atoms with Gasteiger partial charge in [0.05, 0.1) is 12.7 Å². The summed E-state index contributed by atoms with van der Waals surface area (Å²) in [6.07, 6.45) is 0.855. The van der Waals surface area contributed by atoms with Gasteiger partial charge in [0.15, 0.2) is 6.29 Å². The molecule has 0 aliphatic rings. The van der Waals surface area contributed by atoms with Crippen molar-refractivity contribution in [1.82, 2.24) is 0 Å². The van der Waals surface area contributed by atoms with E-state index in [1.54, 1.807) is 18.4 Å². The first-order valence-electron chi connectivity index (χ1n) is 3.96. The Hall–Kier alpha value is -0.620. The molecule has 0 spiro atoms. The number of aldehydes is 1. The normalized spacial score (nSPS) is 10.4. The number of carbonyl (C=O) groups is 1. The van der Waals surface area contributed by atoms with Crippen molar-refractivity contribution in [3.05, 3.63) is 26.6 Å². The fourth-order valence-corrected chi connectivity index (χ4v) is 3.30. The topological polar surface area (TPSA) is 26.3 Å². The van der Waals surface area contributed by atoms with Crippen molar-refractivity contribution >= 4 is 50.3 Å². The summed E-state index contributed by atoms with van der Waals surface area (Å²) in [6.45, 7) is 0. The van der Waals surface area contributed by atoms with Crippen molar-refractivity contribution in [2.24, 2.45) is 0 Å². The molecule has 14 heavy (non-hydrogen) atoms. The van der Waals surface area contributed by atoms with Gasteiger partial charge in [-0.1, -0.05) is 0 Å². The smallest absolute Gasteiger partial charge is 0.155 e. The third-order valence-corrected chi connectivity index (χ3v) is 4.38. The second kappa shape index (κ2) is 3.86. The summed E-state index contributed by atoms with van der Waals surface area (Å²) in [5.74, 6) is 0.644. The minimum atomic E-state index is 0.644. The number of rotatable bonds is 2. The van der Waals surface area contributed by atoms with Gasteiger partial charge < -0.3 is 4.74 Å². The number of benzene rings is 1. The fourth-order valence-electron chi connectivity index (χ4n) is 1.36. The van der Waals surface area contributed by atoms with E-state index in [-0.39, 0.29) is 0 Å². The van der Waals surface area contributed by atoms with E-state index < -0.39 is 0 Å². The number of methoxy groups -OCH3 is 1. The van der Waals surface area contributed by atoms with E-state index in [1.807, 2.05) is 17.5 Å². The third kappa shape index (κ3) is 1.42. The average Bonchev–Trinajstić information content (AvgIpc) is 2.59. The summed E-state index contributed by atoms with van der Waals surface area (Å²) in [5.41, 5.74) is 0.651. The van der Waals surface area contributed by atoms with Gasteiger partial charge in [0.2, 0.25) is 0 Å². The zero-order valence-electron chi connectivity index (χ0n) is 7.41. The summed E-state index contributed by atoms with van der Waals surface area (Å²) in [6, 6.07) is 3.82. The predicted octanol–water partition coefficient (Wildman–Crippen LogP) is 3.33. The van der Waals surface area contributed by atoms with Crippen LogP contribution in [0.4, 0.5) is 0 Å². The average molecular weight is 318 g/mol. The Morgan fingerprint density at radius 2 is 2.29 bits per heavy atom. The molecule has 4 heteroatoms. The highest BCUT2D eigenvalue weighted by Gasteiger charge is 2.10. The lowest BCUT2D eigenvalue weighted by Crippen LogP contribution is -1.89. The third-order valence-electron chi connectivity index (χ3n) is 2.03. The molecule has 0 atom stereocenters. The Labute approximate surface area is 99.0 Å². The van der Waals surface area contributed by atoms with Gasteiger partial charge in [-0.05, 0) is 34.7 Å².